The molecule has 2 saturated carbocycles. The second kappa shape index (κ2) is 6.26. The van der Waals surface area contributed by atoms with Crippen molar-refractivity contribution in [1.29, 1.82) is 0 Å². The summed E-state index contributed by atoms with van der Waals surface area (Å²) in [7, 11) is 0. The Hall–Kier alpha value is -0.590. The predicted octanol–water partition coefficient (Wildman–Crippen LogP) is -3.68. The van der Waals surface area contributed by atoms with Crippen molar-refractivity contribution in [3.05, 3.63) is 0 Å². The van der Waals surface area contributed by atoms with Crippen molar-refractivity contribution in [3.63, 3.8) is 0 Å². The summed E-state index contributed by atoms with van der Waals surface area (Å²) in [5.74, 6) is -3.58. The molecule has 0 spiro atoms. The normalized spacial score (nSPS) is 28.9. The van der Waals surface area contributed by atoms with E-state index in [1.807, 2.05) is 0 Å². The minimum absolute atomic E-state index is 0. The van der Waals surface area contributed by atoms with Gasteiger partial charge in [0.25, 0.3) is 0 Å². The van der Waals surface area contributed by atoms with Crippen molar-refractivity contribution in [2.75, 3.05) is 0 Å². The SMILES string of the molecule is CC1(C)C[C@H](C(=O)NC2(C(N)=O)CCCC2)[C@@H]1C(=O)[O-].[Na+]. The largest absolute Gasteiger partial charge is 1.00 e. The molecule has 2 aliphatic rings. The fraction of sp³-hybridized carbons (Fsp3) is 0.786. The summed E-state index contributed by atoms with van der Waals surface area (Å²) < 4.78 is 0. The second-order valence-electron chi connectivity index (χ2n) is 6.74. The van der Waals surface area contributed by atoms with E-state index in [4.69, 9.17) is 5.73 Å². The maximum Gasteiger partial charge on any atom is 1.00 e. The Morgan fingerprint density at radius 2 is 1.71 bits per heavy atom. The van der Waals surface area contributed by atoms with Crippen LogP contribution in [0.4, 0.5) is 0 Å². The number of rotatable bonds is 4. The molecule has 0 aromatic rings. The van der Waals surface area contributed by atoms with Gasteiger partial charge in [0.2, 0.25) is 11.8 Å². The Morgan fingerprint density at radius 3 is 2.10 bits per heavy atom. The van der Waals surface area contributed by atoms with E-state index in [-0.39, 0.29) is 35.5 Å². The van der Waals surface area contributed by atoms with Crippen molar-refractivity contribution in [2.45, 2.75) is 51.5 Å². The number of carboxylic acid groups (broad SMARTS) is 1. The van der Waals surface area contributed by atoms with Gasteiger partial charge < -0.3 is 21.0 Å². The fourth-order valence-corrected chi connectivity index (χ4v) is 3.66. The van der Waals surface area contributed by atoms with E-state index in [1.165, 1.54) is 0 Å². The average Bonchev–Trinajstić information content (AvgIpc) is 2.75. The molecule has 7 heteroatoms. The minimum atomic E-state index is -1.21. The molecule has 2 atom stereocenters. The van der Waals surface area contributed by atoms with Gasteiger partial charge in [-0.15, -0.1) is 0 Å². The van der Waals surface area contributed by atoms with Gasteiger partial charge in [-0.3, -0.25) is 9.59 Å². The smallest absolute Gasteiger partial charge is 0.550 e. The molecule has 0 radical (unpaired) electrons. The van der Waals surface area contributed by atoms with Crippen LogP contribution >= 0.6 is 0 Å². The first kappa shape index (κ1) is 18.5. The summed E-state index contributed by atoms with van der Waals surface area (Å²) in [5, 5.41) is 13.9. The summed E-state index contributed by atoms with van der Waals surface area (Å²) in [6.45, 7) is 3.60. The number of carbonyl (C=O) groups excluding carboxylic acids is 3. The van der Waals surface area contributed by atoms with Gasteiger partial charge in [-0.05, 0) is 24.7 Å². The molecule has 0 bridgehead atoms. The summed E-state index contributed by atoms with van der Waals surface area (Å²) in [6.07, 6.45) is 3.21. The van der Waals surface area contributed by atoms with Crippen molar-refractivity contribution in [3.8, 4) is 0 Å². The quantitative estimate of drug-likeness (QED) is 0.521. The monoisotopic (exact) mass is 304 g/mol. The van der Waals surface area contributed by atoms with E-state index < -0.39 is 34.7 Å². The van der Waals surface area contributed by atoms with E-state index in [0.29, 0.717) is 19.3 Å². The first-order valence-electron chi connectivity index (χ1n) is 7.02. The summed E-state index contributed by atoms with van der Waals surface area (Å²) in [5.41, 5.74) is 3.97. The molecule has 0 aromatic carbocycles. The third-order valence-electron chi connectivity index (χ3n) is 4.87. The fourth-order valence-electron chi connectivity index (χ4n) is 3.66. The van der Waals surface area contributed by atoms with E-state index >= 15 is 0 Å². The van der Waals surface area contributed by atoms with Crippen LogP contribution in [-0.4, -0.2) is 23.3 Å². The van der Waals surface area contributed by atoms with Crippen LogP contribution in [0.2, 0.25) is 0 Å². The first-order valence-corrected chi connectivity index (χ1v) is 7.02. The van der Waals surface area contributed by atoms with Crippen LogP contribution in [0.3, 0.4) is 0 Å². The molecule has 0 aromatic heterocycles. The van der Waals surface area contributed by atoms with Crippen LogP contribution in [0.25, 0.3) is 0 Å². The van der Waals surface area contributed by atoms with E-state index in [9.17, 15) is 19.5 Å². The summed E-state index contributed by atoms with van der Waals surface area (Å²) in [4.78, 5) is 35.1. The summed E-state index contributed by atoms with van der Waals surface area (Å²) >= 11 is 0. The number of aliphatic carboxylic acids is 1. The van der Waals surface area contributed by atoms with Gasteiger partial charge in [-0.1, -0.05) is 26.7 Å². The van der Waals surface area contributed by atoms with E-state index in [2.05, 4.69) is 5.32 Å². The standard InChI is InChI=1S/C14H22N2O4.Na/c1-13(2)7-8(9(13)11(18)19)10(17)16-14(12(15)20)5-3-4-6-14;/h8-9H,3-7H2,1-2H3,(H2,15,20)(H,16,17)(H,18,19);/q;+1/p-1/t8-,9+;/m0./s1. The molecular formula is C14H21N2NaO4. The topological polar surface area (TPSA) is 112 Å². The number of carbonyl (C=O) groups is 3. The van der Waals surface area contributed by atoms with Gasteiger partial charge in [-0.25, -0.2) is 0 Å². The maximum atomic E-state index is 12.3. The van der Waals surface area contributed by atoms with Gasteiger partial charge in [0.15, 0.2) is 0 Å². The molecule has 6 nitrogen and oxygen atoms in total. The number of amides is 2. The number of nitrogens with one attached hydrogen (secondary N) is 1. The van der Waals surface area contributed by atoms with Crippen molar-refractivity contribution in [1.82, 2.24) is 5.32 Å². The van der Waals surface area contributed by atoms with E-state index in [0.717, 1.165) is 12.8 Å². The molecule has 21 heavy (non-hydrogen) atoms. The van der Waals surface area contributed by atoms with Gasteiger partial charge in [-0.2, -0.15) is 0 Å². The second-order valence-corrected chi connectivity index (χ2v) is 6.74. The molecular weight excluding hydrogens is 283 g/mol. The van der Waals surface area contributed by atoms with Gasteiger partial charge >= 0.3 is 29.6 Å². The summed E-state index contributed by atoms with van der Waals surface area (Å²) in [6, 6.07) is 0. The van der Waals surface area contributed by atoms with Crippen LogP contribution in [0.1, 0.15) is 46.0 Å². The molecule has 0 unspecified atom stereocenters. The number of hydrogen-bond donors (Lipinski definition) is 2. The number of primary amides is 1. The van der Waals surface area contributed by atoms with Crippen molar-refractivity contribution < 1.29 is 49.0 Å². The zero-order valence-electron chi connectivity index (χ0n) is 12.9. The Morgan fingerprint density at radius 1 is 1.19 bits per heavy atom. The van der Waals surface area contributed by atoms with E-state index in [1.54, 1.807) is 13.8 Å². The Labute approximate surface area is 146 Å². The minimum Gasteiger partial charge on any atom is -0.550 e. The van der Waals surface area contributed by atoms with Crippen LogP contribution < -0.4 is 45.7 Å². The molecule has 2 fully saturated rings. The molecule has 0 heterocycles. The number of hydrogen-bond acceptors (Lipinski definition) is 4. The maximum absolute atomic E-state index is 12.3. The molecule has 0 saturated heterocycles. The van der Waals surface area contributed by atoms with Crippen molar-refractivity contribution in [2.24, 2.45) is 23.0 Å². The Kier molecular flexibility index (Phi) is 5.51. The molecule has 2 rings (SSSR count). The zero-order valence-corrected chi connectivity index (χ0v) is 14.9. The van der Waals surface area contributed by atoms with Crippen LogP contribution in [0, 0.1) is 17.3 Å². The molecule has 2 aliphatic carbocycles. The van der Waals surface area contributed by atoms with Crippen LogP contribution in [0.5, 0.6) is 0 Å². The number of carboxylic acids is 1. The molecule has 2 amide bonds. The molecule has 3 N–H and O–H groups in total. The van der Waals surface area contributed by atoms with Crippen molar-refractivity contribution >= 4 is 17.8 Å². The zero-order chi connectivity index (χ0) is 15.1. The molecule has 0 aliphatic heterocycles. The predicted molar refractivity (Wildman–Crippen MR) is 68.9 cm³/mol. The van der Waals surface area contributed by atoms with Gasteiger partial charge in [0, 0.05) is 17.8 Å². The third kappa shape index (κ3) is 3.27. The first-order chi connectivity index (χ1) is 9.19. The number of nitrogens with two attached hydrogens (primary N) is 1. The third-order valence-corrected chi connectivity index (χ3v) is 4.87. The van der Waals surface area contributed by atoms with Gasteiger partial charge in [0.1, 0.15) is 5.54 Å². The Bertz CT molecular complexity index is 458. The Balaban J connectivity index is 0.00000220. The molecule has 112 valence electrons. The van der Waals surface area contributed by atoms with Crippen LogP contribution in [0.15, 0.2) is 0 Å². The average molecular weight is 304 g/mol. The van der Waals surface area contributed by atoms with Crippen LogP contribution in [-0.2, 0) is 14.4 Å². The van der Waals surface area contributed by atoms with Gasteiger partial charge in [0.05, 0.1) is 0 Å².